The Bertz CT molecular complexity index is 283. The van der Waals surface area contributed by atoms with Crippen molar-refractivity contribution in [3.05, 3.63) is 24.2 Å². The summed E-state index contributed by atoms with van der Waals surface area (Å²) >= 11 is 0. The fraction of sp³-hybridized carbons (Fsp3) is 0.714. The van der Waals surface area contributed by atoms with Crippen molar-refractivity contribution in [1.82, 2.24) is 4.90 Å². The van der Waals surface area contributed by atoms with E-state index >= 15 is 0 Å². The van der Waals surface area contributed by atoms with Crippen molar-refractivity contribution in [3.63, 3.8) is 0 Å². The smallest absolute Gasteiger partial charge is 0.133 e. The van der Waals surface area contributed by atoms with Crippen molar-refractivity contribution in [2.45, 2.75) is 33.8 Å². The van der Waals surface area contributed by atoms with Gasteiger partial charge in [-0.1, -0.05) is 27.7 Å². The molecule has 1 atom stereocenters. The molecule has 1 aromatic rings. The third-order valence-corrected chi connectivity index (χ3v) is 2.55. The molecule has 0 aliphatic heterocycles. The number of rotatable bonds is 7. The van der Waals surface area contributed by atoms with E-state index in [1.807, 2.05) is 12.1 Å². The number of hydrogen-bond donors (Lipinski definition) is 1. The number of hydrogen-bond acceptors (Lipinski definition) is 3. The van der Waals surface area contributed by atoms with E-state index in [1.54, 1.807) is 6.26 Å². The van der Waals surface area contributed by atoms with Gasteiger partial charge in [0, 0.05) is 19.6 Å². The summed E-state index contributed by atoms with van der Waals surface area (Å²) in [5, 5.41) is 10.1. The van der Waals surface area contributed by atoms with Gasteiger partial charge in [-0.3, -0.25) is 4.90 Å². The van der Waals surface area contributed by atoms with E-state index in [4.69, 9.17) is 4.42 Å². The zero-order valence-electron chi connectivity index (χ0n) is 11.4. The third kappa shape index (κ3) is 5.37. The third-order valence-electron chi connectivity index (χ3n) is 2.55. The van der Waals surface area contributed by atoms with E-state index < -0.39 is 6.10 Å². The Morgan fingerprint density at radius 2 is 1.71 bits per heavy atom. The van der Waals surface area contributed by atoms with Crippen LogP contribution in [0.1, 0.15) is 39.6 Å². The van der Waals surface area contributed by atoms with Gasteiger partial charge in [-0.2, -0.15) is 0 Å². The standard InChI is InChI=1S/C14H25NO2/c1-11(2)8-15(9-12(3)4)10-13(16)14-6-5-7-17-14/h5-7,11-13,16H,8-10H2,1-4H3. The molecule has 0 aromatic carbocycles. The molecule has 1 rings (SSSR count). The van der Waals surface area contributed by atoms with Crippen molar-refractivity contribution in [2.75, 3.05) is 19.6 Å². The molecule has 1 unspecified atom stereocenters. The highest BCUT2D eigenvalue weighted by Gasteiger charge is 2.17. The van der Waals surface area contributed by atoms with Crippen molar-refractivity contribution in [2.24, 2.45) is 11.8 Å². The molecule has 17 heavy (non-hydrogen) atoms. The van der Waals surface area contributed by atoms with Gasteiger partial charge in [-0.05, 0) is 24.0 Å². The van der Waals surface area contributed by atoms with Crippen molar-refractivity contribution in [1.29, 1.82) is 0 Å². The Kier molecular flexibility index (Phi) is 5.72. The first-order valence-electron chi connectivity index (χ1n) is 6.42. The lowest BCUT2D eigenvalue weighted by Crippen LogP contribution is -2.34. The first kappa shape index (κ1) is 14.3. The van der Waals surface area contributed by atoms with Crippen LogP contribution in [-0.4, -0.2) is 29.6 Å². The summed E-state index contributed by atoms with van der Waals surface area (Å²) in [7, 11) is 0. The van der Waals surface area contributed by atoms with E-state index in [1.165, 1.54) is 0 Å². The fourth-order valence-corrected chi connectivity index (χ4v) is 2.07. The summed E-state index contributed by atoms with van der Waals surface area (Å²) in [6, 6.07) is 3.64. The molecule has 0 radical (unpaired) electrons. The van der Waals surface area contributed by atoms with Crippen LogP contribution < -0.4 is 0 Å². The minimum Gasteiger partial charge on any atom is -0.467 e. The second-order valence-corrected chi connectivity index (χ2v) is 5.54. The predicted molar refractivity (Wildman–Crippen MR) is 69.8 cm³/mol. The zero-order chi connectivity index (χ0) is 12.8. The second kappa shape index (κ2) is 6.82. The first-order valence-corrected chi connectivity index (χ1v) is 6.42. The molecule has 0 aliphatic rings. The van der Waals surface area contributed by atoms with Crippen molar-refractivity contribution in [3.8, 4) is 0 Å². The largest absolute Gasteiger partial charge is 0.467 e. The predicted octanol–water partition coefficient (Wildman–Crippen LogP) is 2.93. The van der Waals surface area contributed by atoms with Gasteiger partial charge in [-0.15, -0.1) is 0 Å². The molecular formula is C14H25NO2. The monoisotopic (exact) mass is 239 g/mol. The summed E-state index contributed by atoms with van der Waals surface area (Å²) in [5.41, 5.74) is 0. The number of nitrogens with zero attached hydrogens (tertiary/aromatic N) is 1. The molecule has 1 aromatic heterocycles. The number of aliphatic hydroxyl groups excluding tert-OH is 1. The molecule has 0 saturated heterocycles. The lowest BCUT2D eigenvalue weighted by atomic mass is 10.1. The molecule has 0 fully saturated rings. The quantitative estimate of drug-likeness (QED) is 0.795. The van der Waals surface area contributed by atoms with Gasteiger partial charge in [0.1, 0.15) is 11.9 Å². The molecular weight excluding hydrogens is 214 g/mol. The van der Waals surface area contributed by atoms with Gasteiger partial charge in [0.2, 0.25) is 0 Å². The van der Waals surface area contributed by atoms with Crippen molar-refractivity contribution >= 4 is 0 Å². The normalized spacial score (nSPS) is 13.9. The maximum Gasteiger partial charge on any atom is 0.133 e. The Hall–Kier alpha value is -0.800. The molecule has 3 heteroatoms. The maximum absolute atomic E-state index is 10.1. The van der Waals surface area contributed by atoms with Crippen LogP contribution >= 0.6 is 0 Å². The maximum atomic E-state index is 10.1. The molecule has 0 bridgehead atoms. The highest BCUT2D eigenvalue weighted by atomic mass is 16.4. The Labute approximate surface area is 104 Å². The summed E-state index contributed by atoms with van der Waals surface area (Å²) in [6.45, 7) is 11.5. The fourth-order valence-electron chi connectivity index (χ4n) is 2.07. The Morgan fingerprint density at radius 3 is 2.12 bits per heavy atom. The van der Waals surface area contributed by atoms with Crippen LogP contribution in [0.4, 0.5) is 0 Å². The molecule has 98 valence electrons. The molecule has 0 saturated carbocycles. The molecule has 1 heterocycles. The average Bonchev–Trinajstić information content (AvgIpc) is 2.67. The van der Waals surface area contributed by atoms with Crippen LogP contribution in [0, 0.1) is 11.8 Å². The van der Waals surface area contributed by atoms with Gasteiger partial charge in [0.15, 0.2) is 0 Å². The lowest BCUT2D eigenvalue weighted by Gasteiger charge is -2.27. The van der Waals surface area contributed by atoms with Crippen LogP contribution in [0.5, 0.6) is 0 Å². The summed E-state index contributed by atoms with van der Waals surface area (Å²) in [4.78, 5) is 2.31. The first-order chi connectivity index (χ1) is 7.99. The zero-order valence-corrected chi connectivity index (χ0v) is 11.4. The summed E-state index contributed by atoms with van der Waals surface area (Å²) in [6.07, 6.45) is 1.08. The lowest BCUT2D eigenvalue weighted by molar-refractivity contribution is 0.0827. The highest BCUT2D eigenvalue weighted by molar-refractivity contribution is 5.02. The molecule has 1 N–H and O–H groups in total. The van der Waals surface area contributed by atoms with Gasteiger partial charge >= 0.3 is 0 Å². The summed E-state index contributed by atoms with van der Waals surface area (Å²) in [5.74, 6) is 1.87. The Morgan fingerprint density at radius 1 is 1.12 bits per heavy atom. The molecule has 0 amide bonds. The minimum absolute atomic E-state index is 0.525. The van der Waals surface area contributed by atoms with E-state index in [-0.39, 0.29) is 0 Å². The minimum atomic E-state index is -0.525. The number of furan rings is 1. The molecule has 0 aliphatic carbocycles. The van der Waals surface area contributed by atoms with Crippen LogP contribution in [0.25, 0.3) is 0 Å². The van der Waals surface area contributed by atoms with Gasteiger partial charge < -0.3 is 9.52 Å². The van der Waals surface area contributed by atoms with Gasteiger partial charge in [-0.25, -0.2) is 0 Å². The van der Waals surface area contributed by atoms with E-state index in [9.17, 15) is 5.11 Å². The van der Waals surface area contributed by atoms with Crippen LogP contribution in [-0.2, 0) is 0 Å². The number of aliphatic hydroxyl groups is 1. The molecule has 3 nitrogen and oxygen atoms in total. The SMILES string of the molecule is CC(C)CN(CC(C)C)CC(O)c1ccco1. The van der Waals surface area contributed by atoms with Crippen molar-refractivity contribution < 1.29 is 9.52 Å². The molecule has 0 spiro atoms. The van der Waals surface area contributed by atoms with Crippen LogP contribution in [0.15, 0.2) is 22.8 Å². The average molecular weight is 239 g/mol. The van der Waals surface area contributed by atoms with Gasteiger partial charge in [0.05, 0.1) is 6.26 Å². The topological polar surface area (TPSA) is 36.6 Å². The van der Waals surface area contributed by atoms with Crippen LogP contribution in [0.3, 0.4) is 0 Å². The highest BCUT2D eigenvalue weighted by Crippen LogP contribution is 2.16. The van der Waals surface area contributed by atoms with Crippen LogP contribution in [0.2, 0.25) is 0 Å². The Balaban J connectivity index is 2.52. The summed E-state index contributed by atoms with van der Waals surface area (Å²) < 4.78 is 5.23. The second-order valence-electron chi connectivity index (χ2n) is 5.54. The van der Waals surface area contributed by atoms with Gasteiger partial charge in [0.25, 0.3) is 0 Å². The van der Waals surface area contributed by atoms with E-state index in [0.717, 1.165) is 13.1 Å². The van der Waals surface area contributed by atoms with E-state index in [0.29, 0.717) is 24.1 Å². The van der Waals surface area contributed by atoms with E-state index in [2.05, 4.69) is 32.6 Å².